The van der Waals surface area contributed by atoms with Crippen LogP contribution in [0.5, 0.6) is 11.5 Å². The van der Waals surface area contributed by atoms with Crippen molar-refractivity contribution >= 4 is 12.0 Å². The van der Waals surface area contributed by atoms with Crippen LogP contribution in [0.3, 0.4) is 0 Å². The maximum Gasteiger partial charge on any atom is 0.158 e. The lowest BCUT2D eigenvalue weighted by Crippen LogP contribution is -1.83. The Hall–Kier alpha value is -1.97. The minimum absolute atomic E-state index is 0.259. The van der Waals surface area contributed by atoms with Gasteiger partial charge < -0.3 is 15.3 Å². The van der Waals surface area contributed by atoms with Crippen LogP contribution in [0, 0.1) is 0 Å². The molecule has 0 bridgehead atoms. The van der Waals surface area contributed by atoms with Gasteiger partial charge in [0.25, 0.3) is 0 Å². The normalized spacial score (nSPS) is 11.2. The van der Waals surface area contributed by atoms with Crippen LogP contribution in [-0.4, -0.2) is 21.6 Å². The summed E-state index contributed by atoms with van der Waals surface area (Å²) in [4.78, 5) is 9.99. The van der Waals surface area contributed by atoms with Gasteiger partial charge in [0.15, 0.2) is 11.5 Å². The van der Waals surface area contributed by atoms with Gasteiger partial charge in [-0.3, -0.25) is 4.79 Å². The SMILES string of the molecule is O=CC=C(O)c1ccc(O)c(O)c1. The number of aliphatic hydroxyl groups is 1. The van der Waals surface area contributed by atoms with Crippen LogP contribution in [0.2, 0.25) is 0 Å². The van der Waals surface area contributed by atoms with E-state index in [0.29, 0.717) is 6.29 Å². The van der Waals surface area contributed by atoms with Crippen LogP contribution in [-0.2, 0) is 4.79 Å². The number of phenolic OH excluding ortho intramolecular Hbond substituents is 2. The summed E-state index contributed by atoms with van der Waals surface area (Å²) in [5, 5.41) is 27.1. The number of hydrogen-bond donors (Lipinski definition) is 3. The molecule has 0 aliphatic carbocycles. The topological polar surface area (TPSA) is 77.8 Å². The Morgan fingerprint density at radius 3 is 2.46 bits per heavy atom. The highest BCUT2D eigenvalue weighted by atomic mass is 16.3. The summed E-state index contributed by atoms with van der Waals surface area (Å²) in [6.45, 7) is 0. The second-order valence-corrected chi connectivity index (χ2v) is 2.39. The van der Waals surface area contributed by atoms with E-state index >= 15 is 0 Å². The third-order valence-electron chi connectivity index (χ3n) is 1.50. The summed E-state index contributed by atoms with van der Waals surface area (Å²) in [5.74, 6) is -0.878. The number of carbonyl (C=O) groups excluding carboxylic acids is 1. The fourth-order valence-corrected chi connectivity index (χ4v) is 0.843. The molecule has 0 aromatic heterocycles. The quantitative estimate of drug-likeness (QED) is 0.276. The van der Waals surface area contributed by atoms with Gasteiger partial charge in [-0.25, -0.2) is 0 Å². The molecule has 0 fully saturated rings. The van der Waals surface area contributed by atoms with Crippen molar-refractivity contribution in [3.63, 3.8) is 0 Å². The first-order valence-corrected chi connectivity index (χ1v) is 3.52. The fourth-order valence-electron chi connectivity index (χ4n) is 0.843. The fraction of sp³-hybridized carbons (Fsp3) is 0. The highest BCUT2D eigenvalue weighted by Crippen LogP contribution is 2.27. The number of carbonyl (C=O) groups is 1. The summed E-state index contributed by atoms with van der Waals surface area (Å²) in [5.41, 5.74) is 0.266. The molecule has 1 rings (SSSR count). The molecule has 0 spiro atoms. The van der Waals surface area contributed by atoms with Gasteiger partial charge in [-0.05, 0) is 18.2 Å². The Bertz CT molecular complexity index is 355. The van der Waals surface area contributed by atoms with Crippen molar-refractivity contribution in [1.29, 1.82) is 0 Å². The maximum absolute atomic E-state index is 9.99. The molecule has 0 saturated carbocycles. The molecule has 68 valence electrons. The predicted octanol–water partition coefficient (Wildman–Crippen LogP) is 1.20. The Balaban J connectivity index is 3.10. The van der Waals surface area contributed by atoms with Gasteiger partial charge in [-0.1, -0.05) is 0 Å². The smallest absolute Gasteiger partial charge is 0.158 e. The van der Waals surface area contributed by atoms with E-state index in [4.69, 9.17) is 10.2 Å². The molecular formula is C9H8O4. The summed E-state index contributed by atoms with van der Waals surface area (Å²) in [7, 11) is 0. The molecule has 13 heavy (non-hydrogen) atoms. The van der Waals surface area contributed by atoms with Crippen LogP contribution in [0.4, 0.5) is 0 Å². The van der Waals surface area contributed by atoms with E-state index in [1.165, 1.54) is 12.1 Å². The summed E-state index contributed by atoms with van der Waals surface area (Å²) in [6, 6.07) is 3.76. The molecule has 0 aliphatic rings. The number of allylic oxidation sites excluding steroid dienone is 1. The van der Waals surface area contributed by atoms with Gasteiger partial charge in [0.05, 0.1) is 0 Å². The molecule has 1 aromatic carbocycles. The minimum atomic E-state index is -0.344. The molecule has 4 nitrogen and oxygen atoms in total. The largest absolute Gasteiger partial charge is 0.507 e. The summed E-state index contributed by atoms with van der Waals surface area (Å²) < 4.78 is 0. The second kappa shape index (κ2) is 3.62. The average Bonchev–Trinajstić information content (AvgIpc) is 2.10. The molecule has 3 N–H and O–H groups in total. The van der Waals surface area contributed by atoms with E-state index in [-0.39, 0.29) is 22.8 Å². The first-order chi connectivity index (χ1) is 6.15. The molecule has 0 heterocycles. The molecule has 0 atom stereocenters. The van der Waals surface area contributed by atoms with Crippen LogP contribution in [0.1, 0.15) is 5.56 Å². The summed E-state index contributed by atoms with van der Waals surface area (Å²) >= 11 is 0. The molecule has 0 radical (unpaired) electrons. The Kier molecular flexibility index (Phi) is 2.54. The van der Waals surface area contributed by atoms with Crippen LogP contribution < -0.4 is 0 Å². The second-order valence-electron chi connectivity index (χ2n) is 2.39. The van der Waals surface area contributed by atoms with Gasteiger partial charge in [0.1, 0.15) is 12.0 Å². The average molecular weight is 180 g/mol. The van der Waals surface area contributed by atoms with Gasteiger partial charge in [-0.15, -0.1) is 0 Å². The first kappa shape index (κ1) is 9.12. The zero-order valence-electron chi connectivity index (χ0n) is 6.64. The third-order valence-corrected chi connectivity index (χ3v) is 1.50. The van der Waals surface area contributed by atoms with Crippen molar-refractivity contribution < 1.29 is 20.1 Å². The van der Waals surface area contributed by atoms with Crippen molar-refractivity contribution in [2.24, 2.45) is 0 Å². The number of benzene rings is 1. The monoisotopic (exact) mass is 180 g/mol. The molecule has 0 unspecified atom stereocenters. The Labute approximate surface area is 74.4 Å². The van der Waals surface area contributed by atoms with Gasteiger partial charge in [0, 0.05) is 11.6 Å². The minimum Gasteiger partial charge on any atom is -0.507 e. The molecule has 0 aliphatic heterocycles. The van der Waals surface area contributed by atoms with E-state index in [0.717, 1.165) is 12.1 Å². The summed E-state index contributed by atoms with van der Waals surface area (Å²) in [6.07, 6.45) is 1.38. The number of aldehydes is 1. The number of aliphatic hydroxyl groups excluding tert-OH is 1. The maximum atomic E-state index is 9.99. The van der Waals surface area contributed by atoms with E-state index in [1.807, 2.05) is 0 Å². The van der Waals surface area contributed by atoms with Gasteiger partial charge >= 0.3 is 0 Å². The van der Waals surface area contributed by atoms with E-state index < -0.39 is 0 Å². The van der Waals surface area contributed by atoms with Crippen molar-refractivity contribution in [3.05, 3.63) is 29.8 Å². The molecular weight excluding hydrogens is 172 g/mol. The number of hydrogen-bond acceptors (Lipinski definition) is 4. The van der Waals surface area contributed by atoms with Gasteiger partial charge in [0.2, 0.25) is 0 Å². The molecule has 4 heteroatoms. The highest BCUT2D eigenvalue weighted by Gasteiger charge is 2.03. The number of rotatable bonds is 2. The Morgan fingerprint density at radius 2 is 1.92 bits per heavy atom. The molecule has 0 amide bonds. The van der Waals surface area contributed by atoms with Crippen molar-refractivity contribution in [2.75, 3.05) is 0 Å². The van der Waals surface area contributed by atoms with Crippen LogP contribution >= 0.6 is 0 Å². The first-order valence-electron chi connectivity index (χ1n) is 3.52. The van der Waals surface area contributed by atoms with E-state index in [9.17, 15) is 9.90 Å². The van der Waals surface area contributed by atoms with Crippen LogP contribution in [0.25, 0.3) is 5.76 Å². The molecule has 1 aromatic rings. The van der Waals surface area contributed by atoms with Crippen molar-refractivity contribution in [1.82, 2.24) is 0 Å². The number of aromatic hydroxyl groups is 2. The van der Waals surface area contributed by atoms with E-state index in [1.54, 1.807) is 0 Å². The predicted molar refractivity (Wildman–Crippen MR) is 46.4 cm³/mol. The zero-order valence-corrected chi connectivity index (χ0v) is 6.64. The van der Waals surface area contributed by atoms with Crippen molar-refractivity contribution in [2.45, 2.75) is 0 Å². The third kappa shape index (κ3) is 1.99. The lowest BCUT2D eigenvalue weighted by atomic mass is 10.1. The Morgan fingerprint density at radius 1 is 1.23 bits per heavy atom. The van der Waals surface area contributed by atoms with E-state index in [2.05, 4.69) is 0 Å². The van der Waals surface area contributed by atoms with Crippen LogP contribution in [0.15, 0.2) is 24.3 Å². The lowest BCUT2D eigenvalue weighted by Gasteiger charge is -2.01. The highest BCUT2D eigenvalue weighted by molar-refractivity contribution is 5.78. The number of phenols is 2. The standard InChI is InChI=1S/C9H8O4/c10-4-3-7(11)6-1-2-8(12)9(13)5-6/h1-5,11-13H. The lowest BCUT2D eigenvalue weighted by molar-refractivity contribution is -0.104. The molecule has 0 saturated heterocycles. The zero-order chi connectivity index (χ0) is 9.84. The van der Waals surface area contributed by atoms with Crippen molar-refractivity contribution in [3.8, 4) is 11.5 Å². The van der Waals surface area contributed by atoms with Gasteiger partial charge in [-0.2, -0.15) is 0 Å².